The fourth-order valence-electron chi connectivity index (χ4n) is 2.10. The first-order valence-electron chi connectivity index (χ1n) is 6.73. The van der Waals surface area contributed by atoms with Gasteiger partial charge in [0.1, 0.15) is 5.82 Å². The summed E-state index contributed by atoms with van der Waals surface area (Å²) in [4.78, 5) is 25.0. The molecule has 2 heterocycles. The summed E-state index contributed by atoms with van der Waals surface area (Å²) in [5.41, 5.74) is 1.95. The predicted molar refractivity (Wildman–Crippen MR) is 79.8 cm³/mol. The summed E-state index contributed by atoms with van der Waals surface area (Å²) in [6.45, 7) is 7.89. The van der Waals surface area contributed by atoms with E-state index in [-0.39, 0.29) is 11.9 Å². The van der Waals surface area contributed by atoms with Crippen LogP contribution in [0.4, 0.5) is 0 Å². The van der Waals surface area contributed by atoms with Gasteiger partial charge in [-0.2, -0.15) is 0 Å². The molecule has 0 fully saturated rings. The van der Waals surface area contributed by atoms with Crippen LogP contribution in [0.25, 0.3) is 0 Å². The number of imidazole rings is 1. The number of aromatic amines is 1. The van der Waals surface area contributed by atoms with Crippen molar-refractivity contribution in [3.05, 3.63) is 33.3 Å². The zero-order valence-corrected chi connectivity index (χ0v) is 13.1. The molecule has 0 saturated heterocycles. The lowest BCUT2D eigenvalue weighted by molar-refractivity contribution is -0.121. The van der Waals surface area contributed by atoms with Gasteiger partial charge < -0.3 is 10.3 Å². The summed E-state index contributed by atoms with van der Waals surface area (Å²) < 4.78 is 0. The van der Waals surface area contributed by atoms with Crippen molar-refractivity contribution in [3.63, 3.8) is 0 Å². The molecule has 0 bridgehead atoms. The van der Waals surface area contributed by atoms with E-state index in [0.29, 0.717) is 6.42 Å². The van der Waals surface area contributed by atoms with E-state index in [9.17, 15) is 4.79 Å². The van der Waals surface area contributed by atoms with Gasteiger partial charge in [0, 0.05) is 16.8 Å². The van der Waals surface area contributed by atoms with Crippen LogP contribution in [0.15, 0.2) is 6.20 Å². The molecule has 20 heavy (non-hydrogen) atoms. The second kappa shape index (κ2) is 6.17. The van der Waals surface area contributed by atoms with E-state index in [1.54, 1.807) is 17.5 Å². The van der Waals surface area contributed by atoms with Crippen LogP contribution in [0.5, 0.6) is 0 Å². The SMILES string of the molecule is CCC(NC(=O)Cc1sc(C)nc1C)c1ncc(C)[nH]1. The number of hydrogen-bond donors (Lipinski definition) is 2. The molecule has 0 saturated carbocycles. The molecule has 0 aliphatic carbocycles. The largest absolute Gasteiger partial charge is 0.346 e. The molecule has 0 aliphatic rings. The molecule has 0 aliphatic heterocycles. The minimum absolute atomic E-state index is 0.0117. The van der Waals surface area contributed by atoms with Crippen LogP contribution in [0.1, 0.15) is 46.5 Å². The molecule has 2 N–H and O–H groups in total. The zero-order valence-electron chi connectivity index (χ0n) is 12.3. The van der Waals surface area contributed by atoms with E-state index in [0.717, 1.165) is 33.5 Å². The number of hydrogen-bond acceptors (Lipinski definition) is 4. The van der Waals surface area contributed by atoms with Crippen molar-refractivity contribution in [2.24, 2.45) is 0 Å². The monoisotopic (exact) mass is 292 g/mol. The Morgan fingerprint density at radius 2 is 2.20 bits per heavy atom. The van der Waals surface area contributed by atoms with Crippen molar-refractivity contribution in [3.8, 4) is 0 Å². The average molecular weight is 292 g/mol. The maximum absolute atomic E-state index is 12.1. The molecule has 6 heteroatoms. The number of carbonyl (C=O) groups excluding carboxylic acids is 1. The molecule has 5 nitrogen and oxygen atoms in total. The van der Waals surface area contributed by atoms with Crippen molar-refractivity contribution in [2.45, 2.75) is 46.6 Å². The second-order valence-corrected chi connectivity index (χ2v) is 6.19. The molecule has 1 unspecified atom stereocenters. The third kappa shape index (κ3) is 3.45. The summed E-state index contributed by atoms with van der Waals surface area (Å²) in [7, 11) is 0. The van der Waals surface area contributed by atoms with Gasteiger partial charge in [-0.15, -0.1) is 11.3 Å². The summed E-state index contributed by atoms with van der Waals surface area (Å²) in [5, 5.41) is 4.03. The fraction of sp³-hybridized carbons (Fsp3) is 0.500. The number of carbonyl (C=O) groups is 1. The highest BCUT2D eigenvalue weighted by Crippen LogP contribution is 2.19. The topological polar surface area (TPSA) is 70.7 Å². The Kier molecular flexibility index (Phi) is 4.54. The number of nitrogens with zero attached hydrogens (tertiary/aromatic N) is 2. The van der Waals surface area contributed by atoms with Crippen LogP contribution in [-0.2, 0) is 11.2 Å². The quantitative estimate of drug-likeness (QED) is 0.890. The van der Waals surface area contributed by atoms with Gasteiger partial charge in [-0.05, 0) is 27.2 Å². The van der Waals surface area contributed by atoms with E-state index in [1.807, 2.05) is 27.7 Å². The van der Waals surface area contributed by atoms with Crippen LogP contribution < -0.4 is 5.32 Å². The highest BCUT2D eigenvalue weighted by Gasteiger charge is 2.17. The summed E-state index contributed by atoms with van der Waals surface area (Å²) in [6.07, 6.45) is 2.97. The number of amides is 1. The molecular weight excluding hydrogens is 272 g/mol. The highest BCUT2D eigenvalue weighted by molar-refractivity contribution is 7.11. The average Bonchev–Trinajstić information content (AvgIpc) is 2.93. The van der Waals surface area contributed by atoms with Gasteiger partial charge in [0.15, 0.2) is 0 Å². The van der Waals surface area contributed by atoms with Crippen molar-refractivity contribution >= 4 is 17.2 Å². The van der Waals surface area contributed by atoms with Crippen LogP contribution in [0.2, 0.25) is 0 Å². The number of aromatic nitrogens is 3. The minimum atomic E-state index is -0.0643. The van der Waals surface area contributed by atoms with Crippen LogP contribution >= 0.6 is 11.3 Å². The van der Waals surface area contributed by atoms with Crippen molar-refractivity contribution in [1.82, 2.24) is 20.3 Å². The maximum Gasteiger partial charge on any atom is 0.225 e. The standard InChI is InChI=1S/C14H20N4OS/c1-5-11(14-15-7-8(2)16-14)18-13(19)6-12-9(3)17-10(4)20-12/h7,11H,5-6H2,1-4H3,(H,15,16)(H,18,19). The lowest BCUT2D eigenvalue weighted by atomic mass is 10.2. The van der Waals surface area contributed by atoms with Gasteiger partial charge in [0.25, 0.3) is 0 Å². The maximum atomic E-state index is 12.1. The summed E-state index contributed by atoms with van der Waals surface area (Å²) in [6, 6.07) is -0.0643. The molecule has 2 aromatic rings. The number of aryl methyl sites for hydroxylation is 3. The Balaban J connectivity index is 2.01. The molecule has 2 rings (SSSR count). The van der Waals surface area contributed by atoms with Crippen molar-refractivity contribution in [2.75, 3.05) is 0 Å². The fourth-order valence-corrected chi connectivity index (χ4v) is 3.04. The third-order valence-electron chi connectivity index (χ3n) is 3.12. The number of nitrogens with one attached hydrogen (secondary N) is 2. The molecular formula is C14H20N4OS. The molecule has 0 spiro atoms. The first kappa shape index (κ1) is 14.7. The highest BCUT2D eigenvalue weighted by atomic mass is 32.1. The lowest BCUT2D eigenvalue weighted by Crippen LogP contribution is -2.30. The number of thiazole rings is 1. The summed E-state index contributed by atoms with van der Waals surface area (Å²) in [5.74, 6) is 0.827. The number of H-pyrrole nitrogens is 1. The van der Waals surface area contributed by atoms with Gasteiger partial charge in [0.05, 0.1) is 23.2 Å². The van der Waals surface area contributed by atoms with E-state index in [1.165, 1.54) is 0 Å². The predicted octanol–water partition coefficient (Wildman–Crippen LogP) is 2.60. The molecule has 108 valence electrons. The first-order chi connectivity index (χ1) is 9.49. The zero-order chi connectivity index (χ0) is 14.7. The Hall–Kier alpha value is -1.69. The van der Waals surface area contributed by atoms with E-state index in [4.69, 9.17) is 0 Å². The Labute approximate surface area is 122 Å². The Bertz CT molecular complexity index is 602. The van der Waals surface area contributed by atoms with Crippen LogP contribution in [0, 0.1) is 20.8 Å². The Morgan fingerprint density at radius 1 is 1.45 bits per heavy atom. The molecule has 0 radical (unpaired) electrons. The second-order valence-electron chi connectivity index (χ2n) is 4.90. The van der Waals surface area contributed by atoms with Gasteiger partial charge in [0.2, 0.25) is 5.91 Å². The van der Waals surface area contributed by atoms with Gasteiger partial charge in [-0.3, -0.25) is 4.79 Å². The van der Waals surface area contributed by atoms with Crippen LogP contribution in [-0.4, -0.2) is 20.9 Å². The summed E-state index contributed by atoms with van der Waals surface area (Å²) >= 11 is 1.58. The first-order valence-corrected chi connectivity index (χ1v) is 7.55. The van der Waals surface area contributed by atoms with Crippen LogP contribution in [0.3, 0.4) is 0 Å². The lowest BCUT2D eigenvalue weighted by Gasteiger charge is -2.14. The minimum Gasteiger partial charge on any atom is -0.346 e. The molecule has 1 atom stereocenters. The third-order valence-corrected chi connectivity index (χ3v) is 4.19. The van der Waals surface area contributed by atoms with E-state index < -0.39 is 0 Å². The van der Waals surface area contributed by atoms with Gasteiger partial charge in [-0.1, -0.05) is 6.92 Å². The molecule has 0 aromatic carbocycles. The number of rotatable bonds is 5. The van der Waals surface area contributed by atoms with Crippen molar-refractivity contribution in [1.29, 1.82) is 0 Å². The smallest absolute Gasteiger partial charge is 0.225 e. The van der Waals surface area contributed by atoms with E-state index >= 15 is 0 Å². The van der Waals surface area contributed by atoms with Crippen molar-refractivity contribution < 1.29 is 4.79 Å². The van der Waals surface area contributed by atoms with Gasteiger partial charge >= 0.3 is 0 Å². The van der Waals surface area contributed by atoms with E-state index in [2.05, 4.69) is 20.3 Å². The Morgan fingerprint density at radius 3 is 2.70 bits per heavy atom. The van der Waals surface area contributed by atoms with Gasteiger partial charge in [-0.25, -0.2) is 9.97 Å². The molecule has 1 amide bonds. The normalized spacial score (nSPS) is 12.4. The molecule has 2 aromatic heterocycles.